The Hall–Kier alpha value is -4.48. The first-order valence-electron chi connectivity index (χ1n) is 15.7. The van der Waals surface area contributed by atoms with Crippen LogP contribution in [0.5, 0.6) is 5.75 Å². The fourth-order valence-corrected chi connectivity index (χ4v) is 5.85. The number of piperidine rings is 1. The van der Waals surface area contributed by atoms with E-state index in [0.29, 0.717) is 18.4 Å². The van der Waals surface area contributed by atoms with E-state index in [9.17, 15) is 29.4 Å². The molecule has 1 heterocycles. The predicted octanol–water partition coefficient (Wildman–Crippen LogP) is 2.38. The quantitative estimate of drug-likeness (QED) is 0.178. The number of rotatable bonds is 12. The molecule has 1 aliphatic rings. The van der Waals surface area contributed by atoms with Crippen molar-refractivity contribution in [3.63, 3.8) is 0 Å². The van der Waals surface area contributed by atoms with E-state index in [4.69, 9.17) is 5.73 Å². The summed E-state index contributed by atoms with van der Waals surface area (Å²) in [5, 5.41) is 32.0. The SMILES string of the molecule is CC(C)(C)NC(=O)[C@@H]1CCCCN1C[C@@H](O)[C@H](Cc1ccccc1)NC(=O)[C@H](CC(N)=O)NC(=O)c1ccc2ccccc2c1O. The second-order valence-corrected chi connectivity index (χ2v) is 13.0. The Morgan fingerprint density at radius 3 is 2.35 bits per heavy atom. The molecule has 3 aromatic carbocycles. The van der Waals surface area contributed by atoms with Crippen molar-refractivity contribution >= 4 is 34.4 Å². The van der Waals surface area contributed by atoms with E-state index in [0.717, 1.165) is 23.8 Å². The molecule has 0 aliphatic carbocycles. The number of nitrogens with one attached hydrogen (secondary N) is 3. The second-order valence-electron chi connectivity index (χ2n) is 13.0. The summed E-state index contributed by atoms with van der Waals surface area (Å²) in [4.78, 5) is 54.1. The summed E-state index contributed by atoms with van der Waals surface area (Å²) in [6, 6.07) is 16.8. The number of nitrogens with zero attached hydrogens (tertiary/aromatic N) is 1. The normalized spacial score (nSPS) is 17.4. The van der Waals surface area contributed by atoms with Crippen LogP contribution < -0.4 is 21.7 Å². The van der Waals surface area contributed by atoms with E-state index in [2.05, 4.69) is 16.0 Å². The van der Waals surface area contributed by atoms with Crippen LogP contribution in [0.3, 0.4) is 0 Å². The van der Waals surface area contributed by atoms with Crippen LogP contribution in [-0.4, -0.2) is 81.6 Å². The Bertz CT molecular complexity index is 1540. The van der Waals surface area contributed by atoms with E-state index in [1.807, 2.05) is 56.0 Å². The van der Waals surface area contributed by atoms with Gasteiger partial charge >= 0.3 is 0 Å². The maximum atomic E-state index is 13.7. The van der Waals surface area contributed by atoms with Crippen molar-refractivity contribution in [2.24, 2.45) is 5.73 Å². The van der Waals surface area contributed by atoms with Gasteiger partial charge in [-0.2, -0.15) is 0 Å². The van der Waals surface area contributed by atoms with Crippen LogP contribution in [0, 0.1) is 0 Å². The van der Waals surface area contributed by atoms with Gasteiger partial charge in [0.05, 0.1) is 30.2 Å². The van der Waals surface area contributed by atoms with Crippen molar-refractivity contribution in [3.8, 4) is 5.75 Å². The van der Waals surface area contributed by atoms with Crippen molar-refractivity contribution < 1.29 is 29.4 Å². The molecule has 1 fully saturated rings. The van der Waals surface area contributed by atoms with Crippen LogP contribution in [0.1, 0.15) is 62.4 Å². The highest BCUT2D eigenvalue weighted by Gasteiger charge is 2.35. The smallest absolute Gasteiger partial charge is 0.255 e. The van der Waals surface area contributed by atoms with Crippen LogP contribution in [0.4, 0.5) is 0 Å². The Morgan fingerprint density at radius 1 is 0.957 bits per heavy atom. The third-order valence-corrected chi connectivity index (χ3v) is 8.10. The monoisotopic (exact) mass is 631 g/mol. The Kier molecular flexibility index (Phi) is 11.4. The van der Waals surface area contributed by atoms with E-state index in [-0.39, 0.29) is 30.2 Å². The summed E-state index contributed by atoms with van der Waals surface area (Å²) in [5.41, 5.74) is 5.84. The number of benzene rings is 3. The molecule has 0 spiro atoms. The maximum absolute atomic E-state index is 13.7. The first-order chi connectivity index (χ1) is 21.8. The summed E-state index contributed by atoms with van der Waals surface area (Å²) in [6.45, 7) is 6.49. The largest absolute Gasteiger partial charge is 0.506 e. The lowest BCUT2D eigenvalue weighted by molar-refractivity contribution is -0.131. The molecule has 46 heavy (non-hydrogen) atoms. The van der Waals surface area contributed by atoms with Gasteiger partial charge in [-0.25, -0.2) is 0 Å². The third-order valence-electron chi connectivity index (χ3n) is 8.10. The number of fused-ring (bicyclic) bond motifs is 1. The van der Waals surface area contributed by atoms with Crippen molar-refractivity contribution in [3.05, 3.63) is 77.9 Å². The van der Waals surface area contributed by atoms with Gasteiger partial charge in [-0.1, -0.05) is 67.1 Å². The molecule has 0 radical (unpaired) electrons. The standard InChI is InChI=1S/C35H45N5O6/c1-35(2,3)39-34(46)28-15-9-10-18-40(28)21-29(41)26(19-22-11-5-4-6-12-22)37-33(45)27(20-30(36)42)38-32(44)25-17-16-23-13-7-8-14-24(23)31(25)43/h4-8,11-14,16-17,26-29,41,43H,9-10,15,18-21H2,1-3H3,(H2,36,42)(H,37,45)(H,38,44)(H,39,46)/t26-,27-,28-,29+/m0/s1. The van der Waals surface area contributed by atoms with Crippen LogP contribution in [0.2, 0.25) is 0 Å². The molecule has 4 atom stereocenters. The number of aliphatic hydroxyl groups excluding tert-OH is 1. The molecule has 4 rings (SSSR count). The van der Waals surface area contributed by atoms with Gasteiger partial charge < -0.3 is 31.9 Å². The number of phenolic OH excluding ortho intramolecular Hbond substituents is 1. The second kappa shape index (κ2) is 15.2. The van der Waals surface area contributed by atoms with Gasteiger partial charge in [0, 0.05) is 17.5 Å². The van der Waals surface area contributed by atoms with Crippen molar-refractivity contribution in [1.82, 2.24) is 20.9 Å². The number of amides is 4. The Balaban J connectivity index is 1.54. The number of aliphatic hydroxyl groups is 1. The molecule has 0 bridgehead atoms. The predicted molar refractivity (Wildman–Crippen MR) is 176 cm³/mol. The molecule has 11 heteroatoms. The van der Waals surface area contributed by atoms with E-state index in [1.54, 1.807) is 30.3 Å². The fraction of sp³-hybridized carbons (Fsp3) is 0.429. The van der Waals surface area contributed by atoms with Crippen LogP contribution in [0.25, 0.3) is 10.8 Å². The van der Waals surface area contributed by atoms with Crippen molar-refractivity contribution in [2.45, 2.75) is 82.6 Å². The molecular weight excluding hydrogens is 586 g/mol. The van der Waals surface area contributed by atoms with Gasteiger partial charge in [-0.3, -0.25) is 24.1 Å². The molecule has 1 saturated heterocycles. The summed E-state index contributed by atoms with van der Waals surface area (Å²) in [6.07, 6.45) is 1.07. The number of likely N-dealkylation sites (tertiary alicyclic amines) is 1. The van der Waals surface area contributed by atoms with E-state index in [1.165, 1.54) is 6.07 Å². The Morgan fingerprint density at radius 2 is 1.65 bits per heavy atom. The average molecular weight is 632 g/mol. The van der Waals surface area contributed by atoms with Crippen molar-refractivity contribution in [2.75, 3.05) is 13.1 Å². The number of carbonyl (C=O) groups is 4. The lowest BCUT2D eigenvalue weighted by atomic mass is 9.96. The van der Waals surface area contributed by atoms with Gasteiger partial charge in [-0.05, 0) is 63.6 Å². The first kappa shape index (κ1) is 34.4. The van der Waals surface area contributed by atoms with Gasteiger partial charge in [0.15, 0.2) is 0 Å². The maximum Gasteiger partial charge on any atom is 0.255 e. The van der Waals surface area contributed by atoms with Crippen LogP contribution >= 0.6 is 0 Å². The van der Waals surface area contributed by atoms with Crippen LogP contribution in [0.15, 0.2) is 66.7 Å². The highest BCUT2D eigenvalue weighted by Crippen LogP contribution is 2.28. The molecule has 4 amide bonds. The molecule has 0 saturated carbocycles. The highest BCUT2D eigenvalue weighted by molar-refractivity contribution is 6.05. The topological polar surface area (TPSA) is 174 Å². The minimum Gasteiger partial charge on any atom is -0.506 e. The minimum absolute atomic E-state index is 0.0634. The summed E-state index contributed by atoms with van der Waals surface area (Å²) >= 11 is 0. The summed E-state index contributed by atoms with van der Waals surface area (Å²) < 4.78 is 0. The Labute approximate surface area is 269 Å². The number of hydrogen-bond donors (Lipinski definition) is 6. The molecule has 3 aromatic rings. The molecule has 7 N–H and O–H groups in total. The molecule has 11 nitrogen and oxygen atoms in total. The number of phenols is 1. The van der Waals surface area contributed by atoms with Gasteiger partial charge in [-0.15, -0.1) is 0 Å². The highest BCUT2D eigenvalue weighted by atomic mass is 16.3. The first-order valence-corrected chi connectivity index (χ1v) is 15.7. The van der Waals surface area contributed by atoms with Gasteiger partial charge in [0.1, 0.15) is 11.8 Å². The number of aromatic hydroxyl groups is 1. The number of primary amides is 1. The van der Waals surface area contributed by atoms with Crippen molar-refractivity contribution in [1.29, 1.82) is 0 Å². The third kappa shape index (κ3) is 9.27. The molecule has 1 aliphatic heterocycles. The average Bonchev–Trinajstić information content (AvgIpc) is 3.00. The number of β-amino-alcohol motifs (C(OH)–C–C–N with tert-alkyl or cyclic N) is 1. The lowest BCUT2D eigenvalue weighted by Crippen LogP contribution is -2.59. The zero-order valence-corrected chi connectivity index (χ0v) is 26.7. The van der Waals surface area contributed by atoms with Gasteiger partial charge in [0.25, 0.3) is 5.91 Å². The molecular formula is C35H45N5O6. The number of hydrogen-bond acceptors (Lipinski definition) is 7. The van der Waals surface area contributed by atoms with E-state index < -0.39 is 53.9 Å². The number of carbonyl (C=O) groups excluding carboxylic acids is 4. The number of nitrogens with two attached hydrogens (primary N) is 1. The fourth-order valence-electron chi connectivity index (χ4n) is 5.85. The van der Waals surface area contributed by atoms with Gasteiger partial charge in [0.2, 0.25) is 17.7 Å². The minimum atomic E-state index is -1.37. The molecule has 0 aromatic heterocycles. The zero-order chi connectivity index (χ0) is 33.4. The summed E-state index contributed by atoms with van der Waals surface area (Å²) in [5.74, 6) is -2.65. The van der Waals surface area contributed by atoms with E-state index >= 15 is 0 Å². The molecule has 246 valence electrons. The lowest BCUT2D eigenvalue weighted by Gasteiger charge is -2.39. The zero-order valence-electron chi connectivity index (χ0n) is 26.7. The van der Waals surface area contributed by atoms with Crippen LogP contribution in [-0.2, 0) is 20.8 Å². The molecule has 0 unspecified atom stereocenters. The summed E-state index contributed by atoms with van der Waals surface area (Å²) in [7, 11) is 0.